The maximum Gasteiger partial charge on any atom is 0.407 e. The Hall–Kier alpha value is -4.99. The van der Waals surface area contributed by atoms with E-state index >= 15 is 0 Å². The molecule has 0 saturated carbocycles. The monoisotopic (exact) mass is 568 g/mol. The fourth-order valence-electron chi connectivity index (χ4n) is 4.43. The zero-order valence-corrected chi connectivity index (χ0v) is 23.8. The number of alkyl carbamates (subject to hydrolysis) is 1. The van der Waals surface area contributed by atoms with E-state index in [1.54, 1.807) is 24.5 Å². The molecule has 3 amide bonds. The van der Waals surface area contributed by atoms with E-state index in [9.17, 15) is 14.4 Å². The number of aromatic amines is 1. The molecular weight excluding hydrogens is 532 g/mol. The molecule has 0 radical (unpaired) electrons. The highest BCUT2D eigenvalue weighted by molar-refractivity contribution is 5.89. The van der Waals surface area contributed by atoms with Gasteiger partial charge in [0.05, 0.1) is 18.8 Å². The van der Waals surface area contributed by atoms with E-state index in [1.807, 2.05) is 60.7 Å². The molecule has 2 aromatic heterocycles. The first-order chi connectivity index (χ1) is 20.3. The lowest BCUT2D eigenvalue weighted by atomic mass is 9.84. The topological polar surface area (TPSA) is 129 Å². The van der Waals surface area contributed by atoms with Crippen molar-refractivity contribution in [3.63, 3.8) is 0 Å². The van der Waals surface area contributed by atoms with Crippen LogP contribution in [0, 0.1) is 0 Å². The molecule has 42 heavy (non-hydrogen) atoms. The third-order valence-electron chi connectivity index (χ3n) is 6.91. The van der Waals surface area contributed by atoms with E-state index in [0.717, 1.165) is 16.7 Å². The minimum Gasteiger partial charge on any atom is -0.445 e. The number of hydrogen-bond acceptors (Lipinski definition) is 6. The molecule has 10 heteroatoms. The maximum atomic E-state index is 14.0. The molecule has 0 aliphatic rings. The molecule has 3 N–H and O–H groups in total. The molecule has 10 nitrogen and oxygen atoms in total. The third kappa shape index (κ3) is 8.76. The molecule has 2 heterocycles. The van der Waals surface area contributed by atoms with Gasteiger partial charge in [-0.1, -0.05) is 74.5 Å². The Kier molecular flexibility index (Phi) is 10.4. The average Bonchev–Trinajstić information content (AvgIpc) is 3.55. The fourth-order valence-corrected chi connectivity index (χ4v) is 4.43. The average molecular weight is 569 g/mol. The number of carbonyl (C=O) groups excluding carboxylic acids is 3. The molecule has 0 bridgehead atoms. The van der Waals surface area contributed by atoms with Gasteiger partial charge in [-0.3, -0.25) is 14.6 Å². The van der Waals surface area contributed by atoms with E-state index in [4.69, 9.17) is 4.74 Å². The predicted octanol–water partition coefficient (Wildman–Crippen LogP) is 3.94. The van der Waals surface area contributed by atoms with Gasteiger partial charge in [0.1, 0.15) is 6.61 Å². The Balaban J connectivity index is 1.45. The normalized spacial score (nSPS) is 11.8. The number of benzene rings is 2. The van der Waals surface area contributed by atoms with Gasteiger partial charge in [-0.25, -0.2) is 9.78 Å². The molecule has 0 fully saturated rings. The summed E-state index contributed by atoms with van der Waals surface area (Å²) in [6.07, 6.45) is 5.62. The second-order valence-corrected chi connectivity index (χ2v) is 10.6. The highest BCUT2D eigenvalue weighted by atomic mass is 16.5. The van der Waals surface area contributed by atoms with Crippen molar-refractivity contribution >= 4 is 17.9 Å². The summed E-state index contributed by atoms with van der Waals surface area (Å²) in [7, 11) is 0. The van der Waals surface area contributed by atoms with Crippen molar-refractivity contribution in [2.45, 2.75) is 38.3 Å². The summed E-state index contributed by atoms with van der Waals surface area (Å²) < 4.78 is 5.32. The van der Waals surface area contributed by atoms with Crippen LogP contribution >= 0.6 is 0 Å². The van der Waals surface area contributed by atoms with Gasteiger partial charge in [-0.05, 0) is 28.8 Å². The van der Waals surface area contributed by atoms with Crippen LogP contribution in [0.4, 0.5) is 4.79 Å². The van der Waals surface area contributed by atoms with Crippen molar-refractivity contribution in [1.82, 2.24) is 30.5 Å². The fraction of sp³-hybridized carbons (Fsp3) is 0.281. The number of aromatic nitrogens is 3. The standard InChI is InChI=1S/C32H36N6O4/c1-32(2,26-11-7-4-8-12-26)22-36-29(39)20-38(19-24-13-15-33-16-14-24)30(40)27(28-18-34-23-37-28)17-35-31(41)42-21-25-9-5-3-6-10-25/h3-16,18,23,27H,17,19-22H2,1-2H3,(H,34,37)(H,35,41)(H,36,39)/t27-/m0/s1. The number of imidazole rings is 1. The van der Waals surface area contributed by atoms with E-state index in [2.05, 4.69) is 39.4 Å². The number of nitrogens with zero attached hydrogens (tertiary/aromatic N) is 3. The Bertz CT molecular complexity index is 1410. The summed E-state index contributed by atoms with van der Waals surface area (Å²) in [5.74, 6) is -1.47. The van der Waals surface area contributed by atoms with Crippen molar-refractivity contribution in [2.24, 2.45) is 0 Å². The van der Waals surface area contributed by atoms with Gasteiger partial charge >= 0.3 is 6.09 Å². The van der Waals surface area contributed by atoms with E-state index < -0.39 is 12.0 Å². The highest BCUT2D eigenvalue weighted by Gasteiger charge is 2.30. The van der Waals surface area contributed by atoms with Gasteiger partial charge in [0.15, 0.2) is 0 Å². The van der Waals surface area contributed by atoms with Crippen LogP contribution in [0.2, 0.25) is 0 Å². The molecule has 0 unspecified atom stereocenters. The second kappa shape index (κ2) is 14.6. The number of ether oxygens (including phenoxy) is 1. The van der Waals surface area contributed by atoms with Crippen LogP contribution in [-0.2, 0) is 32.9 Å². The van der Waals surface area contributed by atoms with Crippen LogP contribution in [-0.4, -0.2) is 57.4 Å². The third-order valence-corrected chi connectivity index (χ3v) is 6.91. The molecule has 0 aliphatic heterocycles. The molecule has 0 spiro atoms. The van der Waals surface area contributed by atoms with Crippen LogP contribution in [0.1, 0.15) is 42.1 Å². The Morgan fingerprint density at radius 2 is 1.60 bits per heavy atom. The molecule has 4 rings (SSSR count). The first-order valence-electron chi connectivity index (χ1n) is 13.7. The summed E-state index contributed by atoms with van der Waals surface area (Å²) in [5, 5.41) is 5.68. The smallest absolute Gasteiger partial charge is 0.407 e. The van der Waals surface area contributed by atoms with Gasteiger partial charge in [-0.15, -0.1) is 0 Å². The molecule has 218 valence electrons. The second-order valence-electron chi connectivity index (χ2n) is 10.6. The van der Waals surface area contributed by atoms with Crippen molar-refractivity contribution in [1.29, 1.82) is 0 Å². The van der Waals surface area contributed by atoms with Gasteiger partial charge in [0.2, 0.25) is 11.8 Å². The molecular formula is C32H36N6O4. The van der Waals surface area contributed by atoms with Gasteiger partial charge in [-0.2, -0.15) is 0 Å². The van der Waals surface area contributed by atoms with E-state index in [1.165, 1.54) is 17.4 Å². The van der Waals surface area contributed by atoms with Crippen LogP contribution in [0.3, 0.4) is 0 Å². The number of nitrogens with one attached hydrogen (secondary N) is 3. The molecule has 2 aromatic carbocycles. The Morgan fingerprint density at radius 3 is 2.26 bits per heavy atom. The zero-order valence-electron chi connectivity index (χ0n) is 23.8. The quantitative estimate of drug-likeness (QED) is 0.224. The van der Waals surface area contributed by atoms with Gasteiger partial charge in [0, 0.05) is 49.3 Å². The largest absolute Gasteiger partial charge is 0.445 e. The molecule has 0 aliphatic carbocycles. The van der Waals surface area contributed by atoms with Gasteiger partial charge < -0.3 is 25.3 Å². The number of rotatable bonds is 13. The lowest BCUT2D eigenvalue weighted by Gasteiger charge is -2.29. The first kappa shape index (κ1) is 30.0. The Labute approximate surface area is 245 Å². The Morgan fingerprint density at radius 1 is 0.905 bits per heavy atom. The summed E-state index contributed by atoms with van der Waals surface area (Å²) in [4.78, 5) is 52.2. The number of pyridine rings is 1. The van der Waals surface area contributed by atoms with Crippen LogP contribution < -0.4 is 10.6 Å². The summed E-state index contributed by atoms with van der Waals surface area (Å²) in [6, 6.07) is 22.8. The van der Waals surface area contributed by atoms with Crippen molar-refractivity contribution in [2.75, 3.05) is 19.6 Å². The van der Waals surface area contributed by atoms with Gasteiger partial charge in [0.25, 0.3) is 0 Å². The maximum absolute atomic E-state index is 14.0. The summed E-state index contributed by atoms with van der Waals surface area (Å²) in [5.41, 5.74) is 2.96. The van der Waals surface area contributed by atoms with E-state index in [0.29, 0.717) is 12.2 Å². The molecule has 4 aromatic rings. The predicted molar refractivity (Wildman–Crippen MR) is 158 cm³/mol. The van der Waals surface area contributed by atoms with Crippen molar-refractivity contribution < 1.29 is 19.1 Å². The highest BCUT2D eigenvalue weighted by Crippen LogP contribution is 2.22. The number of amides is 3. The zero-order chi connectivity index (χ0) is 29.8. The summed E-state index contributed by atoms with van der Waals surface area (Å²) >= 11 is 0. The minimum atomic E-state index is -0.827. The van der Waals surface area contributed by atoms with Crippen LogP contribution in [0.25, 0.3) is 0 Å². The first-order valence-corrected chi connectivity index (χ1v) is 13.7. The lowest BCUT2D eigenvalue weighted by molar-refractivity contribution is -0.138. The minimum absolute atomic E-state index is 0.0514. The van der Waals surface area contributed by atoms with Crippen LogP contribution in [0.5, 0.6) is 0 Å². The number of carbonyl (C=O) groups is 3. The number of hydrogen-bond donors (Lipinski definition) is 3. The SMILES string of the molecule is CC(C)(CNC(=O)CN(Cc1ccncc1)C(=O)[C@@H](CNC(=O)OCc1ccccc1)c1cnc[nH]1)c1ccccc1. The van der Waals surface area contributed by atoms with Crippen molar-refractivity contribution in [3.05, 3.63) is 120 Å². The van der Waals surface area contributed by atoms with E-state index in [-0.39, 0.29) is 43.5 Å². The van der Waals surface area contributed by atoms with Crippen molar-refractivity contribution in [3.8, 4) is 0 Å². The van der Waals surface area contributed by atoms with Crippen LogP contribution in [0.15, 0.2) is 97.7 Å². The lowest BCUT2D eigenvalue weighted by Crippen LogP contribution is -2.46. The molecule has 1 atom stereocenters. The number of H-pyrrole nitrogens is 1. The molecule has 0 saturated heterocycles. The summed E-state index contributed by atoms with van der Waals surface area (Å²) in [6.45, 7) is 4.56.